The zero-order valence-electron chi connectivity index (χ0n) is 25.1. The van der Waals surface area contributed by atoms with Crippen LogP contribution in [-0.4, -0.2) is 65.3 Å². The fraction of sp³-hybridized carbons (Fsp3) is 0.645. The Morgan fingerprint density at radius 3 is 2.24 bits per heavy atom. The number of carbonyl (C=O) groups is 5. The van der Waals surface area contributed by atoms with Crippen LogP contribution in [0.5, 0.6) is 0 Å². The van der Waals surface area contributed by atoms with Crippen LogP contribution in [0.3, 0.4) is 0 Å². The number of carbonyl (C=O) groups excluding carboxylic acids is 5. The van der Waals surface area contributed by atoms with Gasteiger partial charge in [0, 0.05) is 6.54 Å². The first-order valence-corrected chi connectivity index (χ1v) is 14.9. The third-order valence-corrected chi connectivity index (χ3v) is 8.07. The van der Waals surface area contributed by atoms with Crippen molar-refractivity contribution in [3.05, 3.63) is 35.9 Å². The van der Waals surface area contributed by atoms with Crippen molar-refractivity contribution in [2.75, 3.05) is 6.54 Å². The molecule has 0 aromatic heterocycles. The molecule has 1 aromatic rings. The normalized spacial score (nSPS) is 22.0. The Balaban J connectivity index is 1.76. The molecule has 3 N–H and O–H groups in total. The molecule has 1 saturated carbocycles. The van der Waals surface area contributed by atoms with E-state index in [-0.39, 0.29) is 35.8 Å². The van der Waals surface area contributed by atoms with Gasteiger partial charge in [-0.3, -0.25) is 19.2 Å². The van der Waals surface area contributed by atoms with Crippen LogP contribution in [0, 0.1) is 17.8 Å². The number of nitrogens with one attached hydrogen (secondary N) is 3. The molecule has 2 fully saturated rings. The lowest BCUT2D eigenvalue weighted by atomic mass is 9.92. The van der Waals surface area contributed by atoms with Gasteiger partial charge < -0.3 is 25.6 Å². The molecular weight excluding hydrogens is 524 g/mol. The average molecular weight is 571 g/mol. The Hall–Kier alpha value is -3.43. The van der Waals surface area contributed by atoms with E-state index >= 15 is 0 Å². The van der Waals surface area contributed by atoms with Crippen molar-refractivity contribution < 1.29 is 28.7 Å². The number of nitrogens with zero attached hydrogens (tertiary/aromatic N) is 1. The highest BCUT2D eigenvalue weighted by atomic mass is 16.6. The van der Waals surface area contributed by atoms with Gasteiger partial charge in [0.15, 0.2) is 0 Å². The van der Waals surface area contributed by atoms with Crippen LogP contribution in [0.4, 0.5) is 4.79 Å². The number of hydrogen-bond acceptors (Lipinski definition) is 6. The summed E-state index contributed by atoms with van der Waals surface area (Å²) in [5.41, 5.74) is 0.864. The molecule has 1 aromatic carbocycles. The molecular formula is C31H46N4O6. The van der Waals surface area contributed by atoms with Gasteiger partial charge in [0.25, 0.3) is 5.91 Å². The minimum atomic E-state index is -1.01. The number of benzene rings is 1. The largest absolute Gasteiger partial charge is 0.447 e. The number of fused-ring (bicyclic) bond motifs is 1. The zero-order valence-corrected chi connectivity index (χ0v) is 25.1. The molecule has 1 aliphatic carbocycles. The standard InChI is InChI=1S/C31H46N4O6/c1-7-12-24(27(36)29(38)32-20(6)21-13-9-8-10-14-21)33-28(37)26-23-16-11-15-22(23)17-35(26)30(39)25(18(2)3)34-31(40)41-19(4)5/h8-10,13-14,18-20,22-26H,7,11-12,15-17H2,1-6H3,(H,32,38)(H,33,37)(H,34,40)/t20-,22-,23-,24?,25-,26-/m0/s1. The smallest absolute Gasteiger partial charge is 0.408 e. The fourth-order valence-electron chi connectivity index (χ4n) is 6.00. The second kappa shape index (κ2) is 14.5. The van der Waals surface area contributed by atoms with Crippen LogP contribution in [0.25, 0.3) is 0 Å². The van der Waals surface area contributed by atoms with Crippen LogP contribution in [0.1, 0.15) is 85.3 Å². The third kappa shape index (κ3) is 8.07. The fourth-order valence-corrected chi connectivity index (χ4v) is 6.00. The SMILES string of the molecule is CCCC(NC(=O)[C@@H]1[C@H]2CCC[C@H]2CN1C(=O)[C@@H](NC(=O)OC(C)C)C(C)C)C(=O)C(=O)N[C@@H](C)c1ccccc1. The molecule has 1 unspecified atom stereocenters. The summed E-state index contributed by atoms with van der Waals surface area (Å²) in [4.78, 5) is 67.7. The van der Waals surface area contributed by atoms with Gasteiger partial charge in [0.2, 0.25) is 17.6 Å². The number of rotatable bonds is 12. The lowest BCUT2D eigenvalue weighted by Crippen LogP contribution is -2.58. The number of ether oxygens (including phenoxy) is 1. The zero-order chi connectivity index (χ0) is 30.3. The Morgan fingerprint density at radius 2 is 1.63 bits per heavy atom. The maximum absolute atomic E-state index is 13.8. The average Bonchev–Trinajstić information content (AvgIpc) is 3.52. The second-order valence-corrected chi connectivity index (χ2v) is 11.9. The number of amides is 4. The van der Waals surface area contributed by atoms with Gasteiger partial charge >= 0.3 is 6.09 Å². The molecule has 6 atom stereocenters. The highest BCUT2D eigenvalue weighted by Gasteiger charge is 2.51. The minimum absolute atomic E-state index is 0.0429. The summed E-state index contributed by atoms with van der Waals surface area (Å²) in [5, 5.41) is 8.26. The highest BCUT2D eigenvalue weighted by Crippen LogP contribution is 2.42. The summed E-state index contributed by atoms with van der Waals surface area (Å²) in [6.45, 7) is 11.2. The first-order chi connectivity index (χ1) is 19.4. The first-order valence-electron chi connectivity index (χ1n) is 14.9. The summed E-state index contributed by atoms with van der Waals surface area (Å²) in [6, 6.07) is 6.29. The second-order valence-electron chi connectivity index (χ2n) is 11.9. The van der Waals surface area contributed by atoms with Crippen molar-refractivity contribution in [2.24, 2.45) is 17.8 Å². The van der Waals surface area contributed by atoms with E-state index < -0.39 is 41.8 Å². The van der Waals surface area contributed by atoms with Gasteiger partial charge in [-0.05, 0) is 63.4 Å². The Labute approximate surface area is 243 Å². The van der Waals surface area contributed by atoms with Crippen LogP contribution in [0.2, 0.25) is 0 Å². The van der Waals surface area contributed by atoms with Gasteiger partial charge in [-0.25, -0.2) is 4.79 Å². The van der Waals surface area contributed by atoms with Gasteiger partial charge in [0.1, 0.15) is 12.1 Å². The van der Waals surface area contributed by atoms with Crippen LogP contribution in [-0.2, 0) is 23.9 Å². The number of alkyl carbamates (subject to hydrolysis) is 1. The molecule has 10 nitrogen and oxygen atoms in total. The van der Waals surface area contributed by atoms with Gasteiger partial charge in [-0.1, -0.05) is 63.9 Å². The van der Waals surface area contributed by atoms with Crippen LogP contribution < -0.4 is 16.0 Å². The maximum atomic E-state index is 13.8. The Morgan fingerprint density at radius 1 is 0.951 bits per heavy atom. The van der Waals surface area contributed by atoms with E-state index in [1.165, 1.54) is 0 Å². The molecule has 0 bridgehead atoms. The molecule has 10 heteroatoms. The van der Waals surface area contributed by atoms with Crippen molar-refractivity contribution in [1.29, 1.82) is 0 Å². The van der Waals surface area contributed by atoms with E-state index in [2.05, 4.69) is 16.0 Å². The molecule has 0 radical (unpaired) electrons. The predicted molar refractivity (Wildman–Crippen MR) is 155 cm³/mol. The van der Waals surface area contributed by atoms with E-state index in [1.807, 2.05) is 51.1 Å². The van der Waals surface area contributed by atoms with Crippen molar-refractivity contribution in [3.8, 4) is 0 Å². The van der Waals surface area contributed by atoms with Crippen LogP contribution in [0.15, 0.2) is 30.3 Å². The quantitative estimate of drug-likeness (QED) is 0.330. The number of likely N-dealkylation sites (tertiary alicyclic amines) is 1. The topological polar surface area (TPSA) is 134 Å². The summed E-state index contributed by atoms with van der Waals surface area (Å²) in [7, 11) is 0. The summed E-state index contributed by atoms with van der Waals surface area (Å²) in [6.07, 6.45) is 2.51. The highest BCUT2D eigenvalue weighted by molar-refractivity contribution is 6.38. The molecule has 1 saturated heterocycles. The molecule has 0 spiro atoms. The van der Waals surface area contributed by atoms with Crippen molar-refractivity contribution in [2.45, 2.75) is 104 Å². The summed E-state index contributed by atoms with van der Waals surface area (Å²) >= 11 is 0. The van der Waals surface area contributed by atoms with E-state index in [9.17, 15) is 24.0 Å². The lowest BCUT2D eigenvalue weighted by molar-refractivity contribution is -0.144. The van der Waals surface area contributed by atoms with Crippen LogP contribution >= 0.6 is 0 Å². The molecule has 226 valence electrons. The lowest BCUT2D eigenvalue weighted by Gasteiger charge is -2.32. The third-order valence-electron chi connectivity index (χ3n) is 8.07. The molecule has 1 aliphatic heterocycles. The van der Waals surface area contributed by atoms with Gasteiger partial charge in [-0.15, -0.1) is 0 Å². The van der Waals surface area contributed by atoms with Gasteiger partial charge in [0.05, 0.1) is 18.2 Å². The first kappa shape index (κ1) is 32.1. The van der Waals surface area contributed by atoms with E-state index in [1.54, 1.807) is 25.7 Å². The summed E-state index contributed by atoms with van der Waals surface area (Å²) in [5.74, 6) is -2.36. The predicted octanol–water partition coefficient (Wildman–Crippen LogP) is 3.50. The van der Waals surface area contributed by atoms with E-state index in [0.29, 0.717) is 19.4 Å². The number of Topliss-reactive ketones (excluding diaryl/α,β-unsaturated/α-hetero) is 1. The Bertz CT molecular complexity index is 1090. The van der Waals surface area contributed by atoms with E-state index in [4.69, 9.17) is 4.74 Å². The van der Waals surface area contributed by atoms with Crippen molar-refractivity contribution in [1.82, 2.24) is 20.9 Å². The Kier molecular flexibility index (Phi) is 11.3. The monoisotopic (exact) mass is 570 g/mol. The molecule has 3 rings (SSSR count). The molecule has 41 heavy (non-hydrogen) atoms. The molecule has 4 amide bonds. The molecule has 2 aliphatic rings. The molecule has 1 heterocycles. The number of hydrogen-bond donors (Lipinski definition) is 3. The maximum Gasteiger partial charge on any atom is 0.408 e. The van der Waals surface area contributed by atoms with Gasteiger partial charge in [-0.2, -0.15) is 0 Å². The van der Waals surface area contributed by atoms with E-state index in [0.717, 1.165) is 24.8 Å². The van der Waals surface area contributed by atoms with Crippen molar-refractivity contribution in [3.63, 3.8) is 0 Å². The summed E-state index contributed by atoms with van der Waals surface area (Å²) < 4.78 is 5.20. The minimum Gasteiger partial charge on any atom is -0.447 e. The number of ketones is 1. The van der Waals surface area contributed by atoms with Crippen molar-refractivity contribution >= 4 is 29.6 Å².